The maximum atomic E-state index is 13.2. The first-order valence-corrected chi connectivity index (χ1v) is 5.93. The molecule has 4 heteroatoms. The number of nitrogens with zero attached hydrogens (tertiary/aromatic N) is 1. The minimum atomic E-state index is -0.360. The second-order valence-electron chi connectivity index (χ2n) is 4.17. The fraction of sp³-hybridized carbons (Fsp3) is 0.133. The van der Waals surface area contributed by atoms with Crippen LogP contribution in [0.1, 0.15) is 10.4 Å². The van der Waals surface area contributed by atoms with E-state index < -0.39 is 0 Å². The molecule has 2 rings (SSSR count). The highest BCUT2D eigenvalue weighted by Crippen LogP contribution is 2.18. The van der Waals surface area contributed by atoms with Crippen molar-refractivity contribution in [3.63, 3.8) is 0 Å². The standard InChI is InChI=1S/C15H15FN2O/c1-17-13-7-3-5-11(9-13)15(19)18(2)14-8-4-6-12(16)10-14/h3-10,17H,1-2H3. The molecular formula is C15H15FN2O. The highest BCUT2D eigenvalue weighted by Gasteiger charge is 2.14. The van der Waals surface area contributed by atoms with Crippen molar-refractivity contribution in [3.05, 3.63) is 59.9 Å². The molecule has 0 aliphatic carbocycles. The van der Waals surface area contributed by atoms with E-state index in [0.29, 0.717) is 11.3 Å². The Kier molecular flexibility index (Phi) is 3.80. The Morgan fingerprint density at radius 1 is 1.16 bits per heavy atom. The Morgan fingerprint density at radius 3 is 2.58 bits per heavy atom. The average Bonchev–Trinajstić information content (AvgIpc) is 2.45. The first-order chi connectivity index (χ1) is 9.11. The summed E-state index contributed by atoms with van der Waals surface area (Å²) in [5.41, 5.74) is 1.94. The minimum absolute atomic E-state index is 0.178. The number of rotatable bonds is 3. The first kappa shape index (κ1) is 13.1. The van der Waals surface area contributed by atoms with Crippen molar-refractivity contribution in [2.45, 2.75) is 0 Å². The lowest BCUT2D eigenvalue weighted by atomic mass is 10.1. The fourth-order valence-corrected chi connectivity index (χ4v) is 1.80. The number of nitrogens with one attached hydrogen (secondary N) is 1. The smallest absolute Gasteiger partial charge is 0.258 e. The van der Waals surface area contributed by atoms with Crippen LogP contribution in [0.5, 0.6) is 0 Å². The molecule has 0 saturated heterocycles. The van der Waals surface area contributed by atoms with Crippen molar-refractivity contribution >= 4 is 17.3 Å². The van der Waals surface area contributed by atoms with Gasteiger partial charge in [0.15, 0.2) is 0 Å². The molecule has 2 aromatic carbocycles. The van der Waals surface area contributed by atoms with E-state index in [1.807, 2.05) is 6.07 Å². The largest absolute Gasteiger partial charge is 0.388 e. The number of hydrogen-bond acceptors (Lipinski definition) is 2. The first-order valence-electron chi connectivity index (χ1n) is 5.93. The Balaban J connectivity index is 2.28. The molecule has 1 amide bonds. The van der Waals surface area contributed by atoms with E-state index >= 15 is 0 Å². The van der Waals surface area contributed by atoms with Crippen LogP contribution in [-0.4, -0.2) is 20.0 Å². The minimum Gasteiger partial charge on any atom is -0.388 e. The molecule has 0 aliphatic heterocycles. The van der Waals surface area contributed by atoms with Crippen LogP contribution in [0.4, 0.5) is 15.8 Å². The van der Waals surface area contributed by atoms with Crippen molar-refractivity contribution in [2.24, 2.45) is 0 Å². The number of halogens is 1. The van der Waals surface area contributed by atoms with Gasteiger partial charge in [-0.05, 0) is 36.4 Å². The van der Waals surface area contributed by atoms with E-state index in [9.17, 15) is 9.18 Å². The molecule has 0 fully saturated rings. The highest BCUT2D eigenvalue weighted by atomic mass is 19.1. The van der Waals surface area contributed by atoms with E-state index in [-0.39, 0.29) is 11.7 Å². The number of anilines is 2. The lowest BCUT2D eigenvalue weighted by Crippen LogP contribution is -2.26. The average molecular weight is 258 g/mol. The van der Waals surface area contributed by atoms with Gasteiger partial charge in [0.25, 0.3) is 5.91 Å². The van der Waals surface area contributed by atoms with Gasteiger partial charge in [-0.3, -0.25) is 4.79 Å². The predicted octanol–water partition coefficient (Wildman–Crippen LogP) is 3.14. The third kappa shape index (κ3) is 2.91. The summed E-state index contributed by atoms with van der Waals surface area (Å²) in [6.45, 7) is 0. The topological polar surface area (TPSA) is 32.3 Å². The van der Waals surface area contributed by atoms with E-state index in [0.717, 1.165) is 5.69 Å². The Morgan fingerprint density at radius 2 is 1.89 bits per heavy atom. The molecule has 0 aromatic heterocycles. The lowest BCUT2D eigenvalue weighted by molar-refractivity contribution is 0.0993. The molecule has 98 valence electrons. The number of carbonyl (C=O) groups excluding carboxylic acids is 1. The van der Waals surface area contributed by atoms with Crippen LogP contribution in [0.15, 0.2) is 48.5 Å². The summed E-state index contributed by atoms with van der Waals surface area (Å²) in [5, 5.41) is 2.98. The molecule has 0 aliphatic rings. The lowest BCUT2D eigenvalue weighted by Gasteiger charge is -2.17. The van der Waals surface area contributed by atoms with Gasteiger partial charge in [-0.15, -0.1) is 0 Å². The molecule has 19 heavy (non-hydrogen) atoms. The van der Waals surface area contributed by atoms with Crippen molar-refractivity contribution in [3.8, 4) is 0 Å². The molecule has 0 atom stereocenters. The van der Waals surface area contributed by atoms with Gasteiger partial charge in [0.2, 0.25) is 0 Å². The van der Waals surface area contributed by atoms with Crippen LogP contribution >= 0.6 is 0 Å². The van der Waals surface area contributed by atoms with E-state index in [2.05, 4.69) is 5.32 Å². The van der Waals surface area contributed by atoms with Crippen LogP contribution in [0, 0.1) is 5.82 Å². The van der Waals surface area contributed by atoms with Gasteiger partial charge in [0, 0.05) is 31.0 Å². The molecule has 3 nitrogen and oxygen atoms in total. The van der Waals surface area contributed by atoms with Crippen LogP contribution in [0.2, 0.25) is 0 Å². The quantitative estimate of drug-likeness (QED) is 0.917. The summed E-state index contributed by atoms with van der Waals surface area (Å²) < 4.78 is 13.2. The van der Waals surface area contributed by atoms with Crippen LogP contribution in [-0.2, 0) is 0 Å². The second-order valence-corrected chi connectivity index (χ2v) is 4.17. The SMILES string of the molecule is CNc1cccc(C(=O)N(C)c2cccc(F)c2)c1. The Hall–Kier alpha value is -2.36. The maximum Gasteiger partial charge on any atom is 0.258 e. The van der Waals surface area contributed by atoms with Crippen molar-refractivity contribution in [2.75, 3.05) is 24.3 Å². The van der Waals surface area contributed by atoms with Gasteiger partial charge in [0.05, 0.1) is 0 Å². The van der Waals surface area contributed by atoms with Crippen molar-refractivity contribution in [1.82, 2.24) is 0 Å². The Bertz CT molecular complexity index is 598. The monoisotopic (exact) mass is 258 g/mol. The summed E-state index contributed by atoms with van der Waals surface area (Å²) in [7, 11) is 3.42. The van der Waals surface area contributed by atoms with E-state index in [1.54, 1.807) is 44.4 Å². The predicted molar refractivity (Wildman–Crippen MR) is 75.1 cm³/mol. The van der Waals surface area contributed by atoms with Crippen LogP contribution in [0.3, 0.4) is 0 Å². The molecule has 1 N–H and O–H groups in total. The van der Waals surface area contributed by atoms with Gasteiger partial charge >= 0.3 is 0 Å². The van der Waals surface area contributed by atoms with Gasteiger partial charge in [0.1, 0.15) is 5.82 Å². The summed E-state index contributed by atoms with van der Waals surface area (Å²) >= 11 is 0. The molecular weight excluding hydrogens is 243 g/mol. The summed E-state index contributed by atoms with van der Waals surface area (Å²) in [5.74, 6) is -0.538. The van der Waals surface area contributed by atoms with Crippen LogP contribution in [0.25, 0.3) is 0 Å². The summed E-state index contributed by atoms with van der Waals surface area (Å²) in [4.78, 5) is 13.7. The van der Waals surface area contributed by atoms with E-state index in [4.69, 9.17) is 0 Å². The molecule has 0 heterocycles. The number of benzene rings is 2. The second kappa shape index (κ2) is 5.52. The number of amides is 1. The molecule has 0 spiro atoms. The van der Waals surface area contributed by atoms with Crippen LogP contribution < -0.4 is 10.2 Å². The Labute approximate surface area is 111 Å². The van der Waals surface area contributed by atoms with E-state index in [1.165, 1.54) is 17.0 Å². The van der Waals surface area contributed by atoms with Gasteiger partial charge in [-0.2, -0.15) is 0 Å². The number of carbonyl (C=O) groups is 1. The third-order valence-corrected chi connectivity index (χ3v) is 2.90. The maximum absolute atomic E-state index is 13.2. The molecule has 0 unspecified atom stereocenters. The summed E-state index contributed by atoms with van der Waals surface area (Å²) in [6.07, 6.45) is 0. The molecule has 0 bridgehead atoms. The van der Waals surface area contributed by atoms with Gasteiger partial charge in [-0.25, -0.2) is 4.39 Å². The van der Waals surface area contributed by atoms with Crippen molar-refractivity contribution < 1.29 is 9.18 Å². The highest BCUT2D eigenvalue weighted by molar-refractivity contribution is 6.06. The zero-order valence-electron chi connectivity index (χ0n) is 10.9. The molecule has 0 saturated carbocycles. The van der Waals surface area contributed by atoms with Gasteiger partial charge < -0.3 is 10.2 Å². The normalized spacial score (nSPS) is 10.1. The zero-order chi connectivity index (χ0) is 13.8. The van der Waals surface area contributed by atoms with Gasteiger partial charge in [-0.1, -0.05) is 12.1 Å². The molecule has 2 aromatic rings. The zero-order valence-corrected chi connectivity index (χ0v) is 10.9. The number of hydrogen-bond donors (Lipinski definition) is 1. The third-order valence-electron chi connectivity index (χ3n) is 2.90. The summed E-state index contributed by atoms with van der Waals surface area (Å²) in [6, 6.07) is 13.1. The fourth-order valence-electron chi connectivity index (χ4n) is 1.80. The molecule has 0 radical (unpaired) electrons. The van der Waals surface area contributed by atoms with Crippen molar-refractivity contribution in [1.29, 1.82) is 0 Å².